The molecule has 1 aromatic carbocycles. The first-order chi connectivity index (χ1) is 10.3. The minimum Gasteiger partial charge on any atom is -0.496 e. The van der Waals surface area contributed by atoms with Gasteiger partial charge in [0.1, 0.15) is 11.8 Å². The molecule has 4 nitrogen and oxygen atoms in total. The summed E-state index contributed by atoms with van der Waals surface area (Å²) < 4.78 is 42.5. The van der Waals surface area contributed by atoms with E-state index in [1.165, 1.54) is 19.2 Å². The molecule has 0 aromatic heterocycles. The van der Waals surface area contributed by atoms with E-state index in [0.29, 0.717) is 18.4 Å². The van der Waals surface area contributed by atoms with Gasteiger partial charge >= 0.3 is 11.5 Å². The number of halogens is 4. The molecule has 9 heteroatoms. The Bertz CT molecular complexity index is 515. The normalized spacial score (nSPS) is 12.4. The summed E-state index contributed by atoms with van der Waals surface area (Å²) >= 11 is -0.252. The number of hydrogen-bond donors (Lipinski definition) is 2. The van der Waals surface area contributed by atoms with Crippen molar-refractivity contribution in [3.8, 4) is 5.75 Å². The third-order valence-electron chi connectivity index (χ3n) is 2.88. The van der Waals surface area contributed by atoms with Gasteiger partial charge in [0.15, 0.2) is 0 Å². The van der Waals surface area contributed by atoms with Crippen LogP contribution in [0.15, 0.2) is 23.1 Å². The van der Waals surface area contributed by atoms with E-state index in [4.69, 9.17) is 9.84 Å². The molecule has 0 bridgehead atoms. The topological polar surface area (TPSA) is 58.6 Å². The Morgan fingerprint density at radius 1 is 1.43 bits per heavy atom. The molecule has 0 heterocycles. The van der Waals surface area contributed by atoms with Crippen molar-refractivity contribution in [1.29, 1.82) is 0 Å². The lowest BCUT2D eigenvalue weighted by Gasteiger charge is -2.15. The standard InChI is InChI=1S/C14H18F3NO3S.ClH/c1-3-4-10(13(19)20)18-8-9-5-6-11(21-2)12(7-9)22-14(15,16)17;/h5-7,10,18H,3-4,8H2,1-2H3,(H,19,20);1H. The first kappa shape index (κ1) is 21.9. The molecule has 1 atom stereocenters. The molecular formula is C14H19ClF3NO3S. The lowest BCUT2D eigenvalue weighted by molar-refractivity contribution is -0.139. The number of alkyl halides is 3. The van der Waals surface area contributed by atoms with Crippen molar-refractivity contribution in [2.75, 3.05) is 7.11 Å². The molecule has 0 aliphatic carbocycles. The second-order valence-corrected chi connectivity index (χ2v) is 5.70. The van der Waals surface area contributed by atoms with Gasteiger partial charge in [-0.25, -0.2) is 0 Å². The van der Waals surface area contributed by atoms with Crippen molar-refractivity contribution in [3.05, 3.63) is 23.8 Å². The Morgan fingerprint density at radius 2 is 2.09 bits per heavy atom. The van der Waals surface area contributed by atoms with E-state index < -0.39 is 17.5 Å². The van der Waals surface area contributed by atoms with Crippen LogP contribution in [0.3, 0.4) is 0 Å². The van der Waals surface area contributed by atoms with E-state index in [1.54, 1.807) is 6.07 Å². The molecule has 132 valence electrons. The van der Waals surface area contributed by atoms with Gasteiger partial charge in [-0.3, -0.25) is 4.79 Å². The number of nitrogens with one attached hydrogen (secondary N) is 1. The number of aliphatic carboxylic acids is 1. The van der Waals surface area contributed by atoms with Crippen LogP contribution in [0.1, 0.15) is 25.3 Å². The molecule has 0 fully saturated rings. The maximum Gasteiger partial charge on any atom is 0.446 e. The van der Waals surface area contributed by atoms with Gasteiger partial charge in [-0.15, -0.1) is 12.4 Å². The summed E-state index contributed by atoms with van der Waals surface area (Å²) in [7, 11) is 1.30. The quantitative estimate of drug-likeness (QED) is 0.673. The Kier molecular flexibility index (Phi) is 9.41. The highest BCUT2D eigenvalue weighted by Crippen LogP contribution is 2.41. The number of carboxylic acids is 1. The van der Waals surface area contributed by atoms with Gasteiger partial charge in [0.2, 0.25) is 0 Å². The molecule has 0 aliphatic heterocycles. The van der Waals surface area contributed by atoms with Gasteiger partial charge in [0.25, 0.3) is 0 Å². The number of thioether (sulfide) groups is 1. The van der Waals surface area contributed by atoms with Gasteiger partial charge in [-0.2, -0.15) is 13.2 Å². The molecule has 1 rings (SSSR count). The van der Waals surface area contributed by atoms with Crippen LogP contribution in [0.4, 0.5) is 13.2 Å². The smallest absolute Gasteiger partial charge is 0.446 e. The van der Waals surface area contributed by atoms with E-state index in [1.807, 2.05) is 6.92 Å². The molecule has 0 amide bonds. The van der Waals surface area contributed by atoms with Crippen LogP contribution in [0.5, 0.6) is 5.75 Å². The zero-order valence-electron chi connectivity index (χ0n) is 12.6. The minimum absolute atomic E-state index is 0. The van der Waals surface area contributed by atoms with E-state index in [0.717, 1.165) is 0 Å². The third-order valence-corrected chi connectivity index (χ3v) is 3.65. The highest BCUT2D eigenvalue weighted by molar-refractivity contribution is 8.00. The maximum absolute atomic E-state index is 12.5. The molecule has 0 saturated carbocycles. The Labute approximate surface area is 143 Å². The predicted octanol–water partition coefficient (Wildman–Crippen LogP) is 4.07. The van der Waals surface area contributed by atoms with Crippen molar-refractivity contribution in [3.63, 3.8) is 0 Å². The van der Waals surface area contributed by atoms with Gasteiger partial charge in [0.05, 0.1) is 12.0 Å². The predicted molar refractivity (Wildman–Crippen MR) is 85.3 cm³/mol. The molecule has 0 saturated heterocycles. The zero-order chi connectivity index (χ0) is 16.8. The van der Waals surface area contributed by atoms with Crippen molar-refractivity contribution >= 4 is 30.1 Å². The highest BCUT2D eigenvalue weighted by atomic mass is 35.5. The molecule has 1 aromatic rings. The average Bonchev–Trinajstić information content (AvgIpc) is 2.41. The Hall–Kier alpha value is -1.12. The second kappa shape index (κ2) is 9.89. The molecule has 23 heavy (non-hydrogen) atoms. The lowest BCUT2D eigenvalue weighted by atomic mass is 10.1. The fourth-order valence-corrected chi connectivity index (χ4v) is 2.59. The van der Waals surface area contributed by atoms with Crippen LogP contribution in [-0.2, 0) is 11.3 Å². The highest BCUT2D eigenvalue weighted by Gasteiger charge is 2.31. The number of methoxy groups -OCH3 is 1. The fraction of sp³-hybridized carbons (Fsp3) is 0.500. The first-order valence-corrected chi connectivity index (χ1v) is 7.47. The van der Waals surface area contributed by atoms with Crippen molar-refractivity contribution in [2.45, 2.75) is 42.8 Å². The third kappa shape index (κ3) is 7.81. The van der Waals surface area contributed by atoms with E-state index in [9.17, 15) is 18.0 Å². The molecule has 0 aliphatic rings. The monoisotopic (exact) mass is 373 g/mol. The van der Waals surface area contributed by atoms with Crippen LogP contribution in [0, 0.1) is 0 Å². The number of benzene rings is 1. The summed E-state index contributed by atoms with van der Waals surface area (Å²) in [6.45, 7) is 2.04. The summed E-state index contributed by atoms with van der Waals surface area (Å²) in [6, 6.07) is 3.69. The van der Waals surface area contributed by atoms with Crippen molar-refractivity contribution in [2.24, 2.45) is 0 Å². The number of carbonyl (C=O) groups is 1. The van der Waals surface area contributed by atoms with E-state index in [2.05, 4.69) is 5.32 Å². The van der Waals surface area contributed by atoms with Crippen LogP contribution >= 0.6 is 24.2 Å². The average molecular weight is 374 g/mol. The SMILES string of the molecule is CCCC(NCc1ccc(OC)c(SC(F)(F)F)c1)C(=O)O.Cl. The lowest BCUT2D eigenvalue weighted by Crippen LogP contribution is -2.35. The summed E-state index contributed by atoms with van der Waals surface area (Å²) in [4.78, 5) is 11.0. The molecule has 1 unspecified atom stereocenters. The summed E-state index contributed by atoms with van der Waals surface area (Å²) in [6.07, 6.45) is 1.15. The summed E-state index contributed by atoms with van der Waals surface area (Å²) in [5, 5.41) is 11.9. The van der Waals surface area contributed by atoms with E-state index in [-0.39, 0.29) is 41.4 Å². The van der Waals surface area contributed by atoms with Crippen LogP contribution in [0.25, 0.3) is 0 Å². The molecule has 2 N–H and O–H groups in total. The molecular weight excluding hydrogens is 355 g/mol. The van der Waals surface area contributed by atoms with Gasteiger partial charge in [0, 0.05) is 6.54 Å². The largest absolute Gasteiger partial charge is 0.496 e. The number of carboxylic acid groups (broad SMARTS) is 1. The first-order valence-electron chi connectivity index (χ1n) is 6.65. The van der Waals surface area contributed by atoms with E-state index >= 15 is 0 Å². The Balaban J connectivity index is 0.00000484. The van der Waals surface area contributed by atoms with Crippen LogP contribution in [-0.4, -0.2) is 29.7 Å². The van der Waals surface area contributed by atoms with Gasteiger partial charge in [-0.1, -0.05) is 19.4 Å². The maximum atomic E-state index is 12.5. The summed E-state index contributed by atoms with van der Waals surface area (Å²) in [5.41, 5.74) is -3.85. The second-order valence-electron chi connectivity index (χ2n) is 4.59. The zero-order valence-corrected chi connectivity index (χ0v) is 14.3. The summed E-state index contributed by atoms with van der Waals surface area (Å²) in [5.74, 6) is -0.838. The minimum atomic E-state index is -4.41. The fourth-order valence-electron chi connectivity index (χ4n) is 1.88. The van der Waals surface area contributed by atoms with Crippen molar-refractivity contribution in [1.82, 2.24) is 5.32 Å². The number of ether oxygens (including phenoxy) is 1. The molecule has 0 radical (unpaired) electrons. The number of rotatable bonds is 8. The van der Waals surface area contributed by atoms with Crippen molar-refractivity contribution < 1.29 is 27.8 Å². The van der Waals surface area contributed by atoms with Gasteiger partial charge < -0.3 is 15.2 Å². The Morgan fingerprint density at radius 3 is 2.57 bits per heavy atom. The number of hydrogen-bond acceptors (Lipinski definition) is 4. The molecule has 0 spiro atoms. The van der Waals surface area contributed by atoms with Gasteiger partial charge in [-0.05, 0) is 35.9 Å². The van der Waals surface area contributed by atoms with Crippen LogP contribution < -0.4 is 10.1 Å². The van der Waals surface area contributed by atoms with Crippen LogP contribution in [0.2, 0.25) is 0 Å².